The minimum atomic E-state index is -0.568. The van der Waals surface area contributed by atoms with Gasteiger partial charge in [-0.1, -0.05) is 93.3 Å². The molecule has 216 valence electrons. The Labute approximate surface area is 249 Å². The molecule has 42 heavy (non-hydrogen) atoms. The first-order valence-corrected chi connectivity index (χ1v) is 14.0. The van der Waals surface area contributed by atoms with Gasteiger partial charge in [0.25, 0.3) is 0 Å². The highest BCUT2D eigenvalue weighted by Gasteiger charge is 2.46. The second kappa shape index (κ2) is 13.3. The highest BCUT2D eigenvalue weighted by Crippen LogP contribution is 2.52. The number of amides is 1. The molecule has 5 heteroatoms. The zero-order valence-corrected chi connectivity index (χ0v) is 25.3. The van der Waals surface area contributed by atoms with Crippen LogP contribution >= 0.6 is 0 Å². The fourth-order valence-electron chi connectivity index (χ4n) is 5.60. The van der Waals surface area contributed by atoms with E-state index < -0.39 is 5.41 Å². The molecule has 4 rings (SSSR count). The van der Waals surface area contributed by atoms with E-state index in [1.807, 2.05) is 60.7 Å². The van der Waals surface area contributed by atoms with Crippen molar-refractivity contribution in [3.05, 3.63) is 125 Å². The summed E-state index contributed by atoms with van der Waals surface area (Å²) in [6.07, 6.45) is 0.0849. The largest absolute Gasteiger partial charge is 0.497 e. The molecule has 0 spiro atoms. The SMILES string of the molecule is COc1ccc(C(c2ccc(OC)cc2)(c2ccc(OC)c(C#CCC(=O)NCc3ccccc3)c2)C(C)(C)C)cc1. The van der Waals surface area contributed by atoms with E-state index in [0.717, 1.165) is 39.3 Å². The van der Waals surface area contributed by atoms with E-state index >= 15 is 0 Å². The molecule has 0 unspecified atom stereocenters. The van der Waals surface area contributed by atoms with Crippen LogP contribution in [-0.2, 0) is 16.8 Å². The van der Waals surface area contributed by atoms with Gasteiger partial charge in [-0.25, -0.2) is 0 Å². The summed E-state index contributed by atoms with van der Waals surface area (Å²) in [5, 5.41) is 2.94. The Morgan fingerprint density at radius 2 is 1.26 bits per heavy atom. The third-order valence-corrected chi connectivity index (χ3v) is 7.61. The number of carbonyl (C=O) groups is 1. The first-order valence-electron chi connectivity index (χ1n) is 14.0. The van der Waals surface area contributed by atoms with Crippen molar-refractivity contribution in [2.24, 2.45) is 5.41 Å². The lowest BCUT2D eigenvalue weighted by Crippen LogP contribution is -2.42. The summed E-state index contributed by atoms with van der Waals surface area (Å²) in [7, 11) is 4.98. The Kier molecular flexibility index (Phi) is 9.60. The van der Waals surface area contributed by atoms with Gasteiger partial charge in [0.2, 0.25) is 5.91 Å². The van der Waals surface area contributed by atoms with Crippen molar-refractivity contribution in [3.8, 4) is 29.1 Å². The van der Waals surface area contributed by atoms with Gasteiger partial charge in [-0.2, -0.15) is 0 Å². The molecule has 0 aliphatic heterocycles. The zero-order valence-electron chi connectivity index (χ0n) is 25.3. The third-order valence-electron chi connectivity index (χ3n) is 7.61. The van der Waals surface area contributed by atoms with Crippen LogP contribution in [0.1, 0.15) is 55.0 Å². The molecule has 0 radical (unpaired) electrons. The lowest BCUT2D eigenvalue weighted by Gasteiger charge is -2.47. The van der Waals surface area contributed by atoms with Gasteiger partial charge in [-0.3, -0.25) is 4.79 Å². The maximum Gasteiger partial charge on any atom is 0.232 e. The van der Waals surface area contributed by atoms with Gasteiger partial charge in [0.1, 0.15) is 17.2 Å². The van der Waals surface area contributed by atoms with Crippen LogP contribution < -0.4 is 19.5 Å². The van der Waals surface area contributed by atoms with Gasteiger partial charge in [0.15, 0.2) is 0 Å². The molecule has 0 bridgehead atoms. The number of benzene rings is 4. The summed E-state index contributed by atoms with van der Waals surface area (Å²) in [6, 6.07) is 32.5. The van der Waals surface area contributed by atoms with Gasteiger partial charge >= 0.3 is 0 Å². The van der Waals surface area contributed by atoms with E-state index in [2.05, 4.69) is 74.3 Å². The summed E-state index contributed by atoms with van der Waals surface area (Å²) >= 11 is 0. The molecule has 4 aromatic carbocycles. The van der Waals surface area contributed by atoms with Crippen molar-refractivity contribution >= 4 is 5.91 Å². The molecule has 4 aromatic rings. The van der Waals surface area contributed by atoms with Crippen molar-refractivity contribution in [2.75, 3.05) is 21.3 Å². The van der Waals surface area contributed by atoms with Crippen molar-refractivity contribution in [1.82, 2.24) is 5.32 Å². The summed E-state index contributed by atoms with van der Waals surface area (Å²) in [6.45, 7) is 7.20. The molecule has 1 amide bonds. The average Bonchev–Trinajstić information content (AvgIpc) is 3.01. The summed E-state index contributed by atoms with van der Waals surface area (Å²) in [5.41, 5.74) is 4.22. The molecule has 5 nitrogen and oxygen atoms in total. The normalized spacial score (nSPS) is 11.2. The zero-order chi connectivity index (χ0) is 30.2. The Bertz CT molecular complexity index is 1490. The summed E-state index contributed by atoms with van der Waals surface area (Å²) in [4.78, 5) is 12.5. The molecule has 1 N–H and O–H groups in total. The quantitative estimate of drug-likeness (QED) is 0.174. The first kappa shape index (κ1) is 30.3. The number of hydrogen-bond donors (Lipinski definition) is 1. The number of methoxy groups -OCH3 is 3. The second-order valence-electron chi connectivity index (χ2n) is 11.1. The van der Waals surface area contributed by atoms with Gasteiger partial charge < -0.3 is 19.5 Å². The van der Waals surface area contributed by atoms with Crippen molar-refractivity contribution < 1.29 is 19.0 Å². The van der Waals surface area contributed by atoms with Crippen molar-refractivity contribution in [2.45, 2.75) is 39.2 Å². The van der Waals surface area contributed by atoms with E-state index in [4.69, 9.17) is 14.2 Å². The first-order chi connectivity index (χ1) is 20.2. The van der Waals surface area contributed by atoms with Crippen LogP contribution in [0, 0.1) is 17.3 Å². The van der Waals surface area contributed by atoms with Crippen LogP contribution in [0.3, 0.4) is 0 Å². The maximum atomic E-state index is 12.5. The van der Waals surface area contributed by atoms with Crippen molar-refractivity contribution in [3.63, 3.8) is 0 Å². The number of hydrogen-bond acceptors (Lipinski definition) is 4. The van der Waals surface area contributed by atoms with Gasteiger partial charge in [-0.15, -0.1) is 0 Å². The standard InChI is InChI=1S/C37H39NO4/c1-36(2,3)37(29-15-20-32(40-4)21-16-29,30-17-22-33(41-5)23-18-30)31-19-24-34(42-6)28(25-31)13-10-14-35(39)38-26-27-11-8-7-9-12-27/h7-9,11-12,15-25H,14,26H2,1-6H3,(H,38,39). The highest BCUT2D eigenvalue weighted by molar-refractivity contribution is 5.78. The Morgan fingerprint density at radius 1 is 0.714 bits per heavy atom. The van der Waals surface area contributed by atoms with E-state index in [0.29, 0.717) is 12.3 Å². The van der Waals surface area contributed by atoms with Gasteiger partial charge in [0.05, 0.1) is 33.3 Å². The van der Waals surface area contributed by atoms with Crippen LogP contribution in [0.15, 0.2) is 97.1 Å². The van der Waals surface area contributed by atoms with Crippen LogP contribution in [0.4, 0.5) is 0 Å². The fraction of sp³-hybridized carbons (Fsp3) is 0.270. The average molecular weight is 562 g/mol. The molecule has 0 heterocycles. The Hall–Kier alpha value is -4.69. The van der Waals surface area contributed by atoms with E-state index in [1.165, 1.54) is 0 Å². The number of ether oxygens (including phenoxy) is 3. The summed E-state index contributed by atoms with van der Waals surface area (Å²) in [5.74, 6) is 8.41. The topological polar surface area (TPSA) is 56.8 Å². The van der Waals surface area contributed by atoms with Gasteiger partial charge in [0, 0.05) is 12.0 Å². The molecule has 0 aliphatic rings. The second-order valence-corrected chi connectivity index (χ2v) is 11.1. The predicted molar refractivity (Wildman–Crippen MR) is 168 cm³/mol. The molecule has 0 aromatic heterocycles. The lowest BCUT2D eigenvalue weighted by atomic mass is 9.55. The molecule has 0 fully saturated rings. The maximum absolute atomic E-state index is 12.5. The van der Waals surface area contributed by atoms with Crippen molar-refractivity contribution in [1.29, 1.82) is 0 Å². The molecule has 0 atom stereocenters. The van der Waals surface area contributed by atoms with Crippen LogP contribution in [0.25, 0.3) is 0 Å². The lowest BCUT2D eigenvalue weighted by molar-refractivity contribution is -0.120. The smallest absolute Gasteiger partial charge is 0.232 e. The third kappa shape index (κ3) is 6.44. The van der Waals surface area contributed by atoms with Crippen LogP contribution in [-0.4, -0.2) is 27.2 Å². The van der Waals surface area contributed by atoms with E-state index in [1.54, 1.807) is 21.3 Å². The monoisotopic (exact) mass is 561 g/mol. The van der Waals surface area contributed by atoms with E-state index in [9.17, 15) is 4.79 Å². The number of nitrogens with one attached hydrogen (secondary N) is 1. The fourth-order valence-corrected chi connectivity index (χ4v) is 5.60. The minimum absolute atomic E-state index is 0.0849. The Morgan fingerprint density at radius 3 is 1.76 bits per heavy atom. The van der Waals surface area contributed by atoms with E-state index in [-0.39, 0.29) is 17.7 Å². The molecule has 0 saturated carbocycles. The molecule has 0 aliphatic carbocycles. The van der Waals surface area contributed by atoms with Crippen LogP contribution in [0.5, 0.6) is 17.2 Å². The Balaban J connectivity index is 1.78. The summed E-state index contributed by atoms with van der Waals surface area (Å²) < 4.78 is 16.7. The molecule has 0 saturated heterocycles. The number of carbonyl (C=O) groups excluding carboxylic acids is 1. The minimum Gasteiger partial charge on any atom is -0.497 e. The molecular weight excluding hydrogens is 522 g/mol. The predicted octanol–water partition coefficient (Wildman–Crippen LogP) is 7.15. The highest BCUT2D eigenvalue weighted by atomic mass is 16.5. The number of rotatable bonds is 9. The molecular formula is C37H39NO4. The van der Waals surface area contributed by atoms with Gasteiger partial charge in [-0.05, 0) is 64.1 Å². The van der Waals surface area contributed by atoms with Crippen LogP contribution in [0.2, 0.25) is 0 Å².